The number of carbonyl (C=O) groups is 1. The first-order valence-corrected chi connectivity index (χ1v) is 10.7. The molecule has 0 saturated heterocycles. The summed E-state index contributed by atoms with van der Waals surface area (Å²) < 4.78 is 6.45. The number of carbonyl (C=O) groups excluding carboxylic acids is 1. The summed E-state index contributed by atoms with van der Waals surface area (Å²) in [7, 11) is 0. The summed E-state index contributed by atoms with van der Waals surface area (Å²) >= 11 is 6.20. The molecule has 0 saturated carbocycles. The van der Waals surface area contributed by atoms with Crippen LogP contribution in [0, 0.1) is 0 Å². The molecular weight excluding hydrogens is 442 g/mol. The van der Waals surface area contributed by atoms with Crippen molar-refractivity contribution in [3.05, 3.63) is 87.4 Å². The van der Waals surface area contributed by atoms with Crippen LogP contribution in [0.4, 0.5) is 11.8 Å². The molecule has 0 amide bonds. The molecule has 2 aromatic carbocycles. The van der Waals surface area contributed by atoms with E-state index in [2.05, 4.69) is 9.97 Å². The maximum atomic E-state index is 12.8. The molecule has 0 aliphatic rings. The largest absolute Gasteiger partial charge is 0.462 e. The van der Waals surface area contributed by atoms with E-state index < -0.39 is 5.97 Å². The Morgan fingerprint density at radius 1 is 1.09 bits per heavy atom. The van der Waals surface area contributed by atoms with Gasteiger partial charge in [-0.2, -0.15) is 4.98 Å². The third-order valence-electron chi connectivity index (χ3n) is 4.78. The van der Waals surface area contributed by atoms with Gasteiger partial charge in [0.15, 0.2) is 0 Å². The number of para-hydroxylation sites is 1. The van der Waals surface area contributed by atoms with Crippen LogP contribution in [0.1, 0.15) is 29.9 Å². The minimum absolute atomic E-state index is 0.0329. The number of halogens is 1. The normalized spacial score (nSPS) is 10.4. The molecule has 0 aliphatic carbocycles. The van der Waals surface area contributed by atoms with Crippen LogP contribution in [0.5, 0.6) is 0 Å². The molecule has 4 aromatic rings. The summed E-state index contributed by atoms with van der Waals surface area (Å²) in [4.78, 5) is 31.2. The molecular formula is C24H24ClN5O3. The zero-order valence-electron chi connectivity index (χ0n) is 18.3. The fourth-order valence-corrected chi connectivity index (χ4v) is 3.53. The predicted molar refractivity (Wildman–Crippen MR) is 131 cm³/mol. The van der Waals surface area contributed by atoms with Crippen molar-refractivity contribution in [2.24, 2.45) is 0 Å². The lowest BCUT2D eigenvalue weighted by Crippen LogP contribution is -2.22. The number of nitrogens with zero attached hydrogens (tertiary/aromatic N) is 3. The van der Waals surface area contributed by atoms with Crippen molar-refractivity contribution in [2.75, 3.05) is 18.1 Å². The van der Waals surface area contributed by atoms with Gasteiger partial charge in [0.1, 0.15) is 11.4 Å². The van der Waals surface area contributed by atoms with Crippen molar-refractivity contribution in [1.29, 1.82) is 0 Å². The lowest BCUT2D eigenvalue weighted by molar-refractivity contribution is 0.0527. The number of benzene rings is 2. The topological polar surface area (TPSA) is 126 Å². The van der Waals surface area contributed by atoms with Crippen molar-refractivity contribution >= 4 is 40.1 Å². The molecule has 9 heteroatoms. The number of aryl methyl sites for hydroxylation is 1. The molecule has 2 heterocycles. The molecule has 0 fully saturated rings. The third-order valence-corrected chi connectivity index (χ3v) is 5.10. The standard InChI is InChI=1S/C17H14ClNO.C7H10N4O2/c1-2-13-11-12-7-6-10-15(18)16(12)17(20)19(13)14-8-4-3-5-9-14;1-2-13-6(12)4-3-10-7(9)11-5(4)8/h3-11H,2H2,1H3;3H,2H2,1H3,(H4,8,9,10,11). The Morgan fingerprint density at radius 2 is 1.82 bits per heavy atom. The van der Waals surface area contributed by atoms with Crippen molar-refractivity contribution in [3.8, 4) is 5.69 Å². The van der Waals surface area contributed by atoms with Crippen LogP contribution in [0.2, 0.25) is 5.02 Å². The van der Waals surface area contributed by atoms with Crippen molar-refractivity contribution < 1.29 is 9.53 Å². The van der Waals surface area contributed by atoms with Crippen LogP contribution in [0.3, 0.4) is 0 Å². The van der Waals surface area contributed by atoms with Crippen LogP contribution < -0.4 is 17.0 Å². The maximum absolute atomic E-state index is 12.8. The van der Waals surface area contributed by atoms with Crippen molar-refractivity contribution in [3.63, 3.8) is 0 Å². The van der Waals surface area contributed by atoms with Gasteiger partial charge in [0.25, 0.3) is 5.56 Å². The zero-order valence-corrected chi connectivity index (χ0v) is 19.0. The van der Waals surface area contributed by atoms with Crippen molar-refractivity contribution in [2.45, 2.75) is 20.3 Å². The molecule has 0 aliphatic heterocycles. The number of hydrogen-bond acceptors (Lipinski definition) is 7. The molecule has 4 N–H and O–H groups in total. The minimum Gasteiger partial charge on any atom is -0.462 e. The van der Waals surface area contributed by atoms with Gasteiger partial charge >= 0.3 is 5.97 Å². The fraction of sp³-hybridized carbons (Fsp3) is 0.167. The number of fused-ring (bicyclic) bond motifs is 1. The highest BCUT2D eigenvalue weighted by molar-refractivity contribution is 6.35. The predicted octanol–water partition coefficient (Wildman–Crippen LogP) is 4.02. The van der Waals surface area contributed by atoms with E-state index >= 15 is 0 Å². The van der Waals surface area contributed by atoms with Gasteiger partial charge in [0.05, 0.1) is 17.0 Å². The molecule has 0 bridgehead atoms. The van der Waals surface area contributed by atoms with E-state index in [1.54, 1.807) is 17.6 Å². The van der Waals surface area contributed by atoms with Gasteiger partial charge in [-0.3, -0.25) is 9.36 Å². The van der Waals surface area contributed by atoms with Gasteiger partial charge in [-0.25, -0.2) is 9.78 Å². The highest BCUT2D eigenvalue weighted by Gasteiger charge is 2.13. The lowest BCUT2D eigenvalue weighted by Gasteiger charge is -2.14. The van der Waals surface area contributed by atoms with E-state index in [1.165, 1.54) is 6.20 Å². The minimum atomic E-state index is -0.542. The molecule has 2 aromatic heterocycles. The van der Waals surface area contributed by atoms with Gasteiger partial charge < -0.3 is 16.2 Å². The second-order valence-electron chi connectivity index (χ2n) is 6.92. The second kappa shape index (κ2) is 10.6. The van der Waals surface area contributed by atoms with Crippen LogP contribution in [0.15, 0.2) is 65.6 Å². The summed E-state index contributed by atoms with van der Waals surface area (Å²) in [6.45, 7) is 4.03. The third kappa shape index (κ3) is 5.30. The summed E-state index contributed by atoms with van der Waals surface area (Å²) in [6, 6.07) is 17.3. The summed E-state index contributed by atoms with van der Waals surface area (Å²) in [6.07, 6.45) is 2.03. The quantitative estimate of drug-likeness (QED) is 0.436. The van der Waals surface area contributed by atoms with Gasteiger partial charge in [0, 0.05) is 17.6 Å². The fourth-order valence-electron chi connectivity index (χ4n) is 3.27. The van der Waals surface area contributed by atoms with Crippen LogP contribution >= 0.6 is 11.6 Å². The number of nitrogen functional groups attached to an aromatic ring is 2. The molecule has 0 radical (unpaired) electrons. The van der Waals surface area contributed by atoms with E-state index in [0.29, 0.717) is 10.4 Å². The molecule has 0 spiro atoms. The summed E-state index contributed by atoms with van der Waals surface area (Å²) in [5.74, 6) is -0.475. The SMILES string of the molecule is CCOC(=O)c1cnc(N)nc1N.CCc1cc2cccc(Cl)c2c(=O)n1-c1ccccc1. The van der Waals surface area contributed by atoms with Crippen molar-refractivity contribution in [1.82, 2.24) is 14.5 Å². The average molecular weight is 466 g/mol. The molecule has 8 nitrogen and oxygen atoms in total. The highest BCUT2D eigenvalue weighted by atomic mass is 35.5. The van der Waals surface area contributed by atoms with Gasteiger partial charge in [-0.1, -0.05) is 48.9 Å². The Hall–Kier alpha value is -3.91. The van der Waals surface area contributed by atoms with E-state index in [9.17, 15) is 9.59 Å². The molecule has 0 atom stereocenters. The first-order valence-electron chi connectivity index (χ1n) is 10.3. The number of ether oxygens (including phenoxy) is 1. The lowest BCUT2D eigenvalue weighted by atomic mass is 10.1. The Kier molecular flexibility index (Phi) is 7.63. The monoisotopic (exact) mass is 465 g/mol. The Bertz CT molecular complexity index is 1340. The first kappa shape index (κ1) is 23.7. The van der Waals surface area contributed by atoms with E-state index in [4.69, 9.17) is 27.8 Å². The number of hydrogen-bond donors (Lipinski definition) is 2. The smallest absolute Gasteiger partial charge is 0.343 e. The van der Waals surface area contributed by atoms with Crippen LogP contribution in [-0.4, -0.2) is 27.1 Å². The number of pyridine rings is 1. The Balaban J connectivity index is 0.000000205. The molecule has 0 unspecified atom stereocenters. The summed E-state index contributed by atoms with van der Waals surface area (Å²) in [5, 5.41) is 1.97. The van der Waals surface area contributed by atoms with E-state index in [0.717, 1.165) is 23.2 Å². The zero-order chi connectivity index (χ0) is 24.0. The number of rotatable bonds is 4. The van der Waals surface area contributed by atoms with Crippen LogP contribution in [-0.2, 0) is 11.2 Å². The number of aromatic nitrogens is 3. The average Bonchev–Trinajstić information content (AvgIpc) is 2.80. The van der Waals surface area contributed by atoms with E-state index in [-0.39, 0.29) is 29.5 Å². The number of esters is 1. The first-order chi connectivity index (χ1) is 15.9. The Labute approximate surface area is 195 Å². The number of anilines is 2. The summed E-state index contributed by atoms with van der Waals surface area (Å²) in [5.41, 5.74) is 12.6. The van der Waals surface area contributed by atoms with Gasteiger partial charge in [-0.05, 0) is 43.0 Å². The maximum Gasteiger partial charge on any atom is 0.343 e. The van der Waals surface area contributed by atoms with Gasteiger partial charge in [0.2, 0.25) is 5.95 Å². The molecule has 33 heavy (non-hydrogen) atoms. The second-order valence-corrected chi connectivity index (χ2v) is 7.32. The molecule has 4 rings (SSSR count). The van der Waals surface area contributed by atoms with Crippen LogP contribution in [0.25, 0.3) is 16.5 Å². The van der Waals surface area contributed by atoms with Gasteiger partial charge in [-0.15, -0.1) is 0 Å². The molecule has 170 valence electrons. The Morgan fingerprint density at radius 3 is 2.45 bits per heavy atom. The van der Waals surface area contributed by atoms with E-state index in [1.807, 2.05) is 55.5 Å². The number of nitrogens with two attached hydrogens (primary N) is 2. The highest BCUT2D eigenvalue weighted by Crippen LogP contribution is 2.22.